The van der Waals surface area contributed by atoms with Crippen molar-refractivity contribution in [3.8, 4) is 6.07 Å². The van der Waals surface area contributed by atoms with Crippen LogP contribution in [0.3, 0.4) is 0 Å². The smallest absolute Gasteiger partial charge is 0.227 e. The number of nitrogens with one attached hydrogen (secondary N) is 2. The van der Waals surface area contributed by atoms with Crippen molar-refractivity contribution >= 4 is 5.91 Å². The third-order valence-corrected chi connectivity index (χ3v) is 3.78. The van der Waals surface area contributed by atoms with E-state index < -0.39 is 0 Å². The highest BCUT2D eigenvalue weighted by molar-refractivity contribution is 5.80. The zero-order chi connectivity index (χ0) is 15.2. The van der Waals surface area contributed by atoms with Gasteiger partial charge in [0.1, 0.15) is 0 Å². The van der Waals surface area contributed by atoms with Crippen LogP contribution < -0.4 is 10.6 Å². The molecule has 5 heteroatoms. The summed E-state index contributed by atoms with van der Waals surface area (Å²) in [5, 5.41) is 15.1. The van der Waals surface area contributed by atoms with Gasteiger partial charge in [-0.25, -0.2) is 0 Å². The zero-order valence-electron chi connectivity index (χ0n) is 12.4. The molecule has 0 aromatic heterocycles. The monoisotopic (exact) mass is 287 g/mol. The van der Waals surface area contributed by atoms with Crippen molar-refractivity contribution in [3.63, 3.8) is 0 Å². The largest absolute Gasteiger partial charge is 0.379 e. The fourth-order valence-corrected chi connectivity index (χ4v) is 2.53. The van der Waals surface area contributed by atoms with Gasteiger partial charge in [0.15, 0.2) is 0 Å². The number of hydrogen-bond donors (Lipinski definition) is 2. The Labute approximate surface area is 125 Å². The van der Waals surface area contributed by atoms with Crippen molar-refractivity contribution in [3.05, 3.63) is 35.4 Å². The van der Waals surface area contributed by atoms with E-state index in [0.717, 1.165) is 12.1 Å². The number of likely N-dealkylation sites (N-methyl/N-ethyl adjacent to an activating group) is 1. The SMILES string of the molecule is CCNC1COCC1C(=O)NC(C)c1ccc(C#N)cc1. The van der Waals surface area contributed by atoms with Gasteiger partial charge in [0.25, 0.3) is 0 Å². The maximum atomic E-state index is 12.4. The third-order valence-electron chi connectivity index (χ3n) is 3.78. The molecule has 0 saturated carbocycles. The molecule has 1 heterocycles. The standard InChI is InChI=1S/C16H21N3O2/c1-3-18-15-10-21-9-14(15)16(20)19-11(2)13-6-4-12(8-17)5-7-13/h4-7,11,14-15,18H,3,9-10H2,1-2H3,(H,19,20). The first-order valence-electron chi connectivity index (χ1n) is 7.27. The number of carbonyl (C=O) groups excluding carboxylic acids is 1. The van der Waals surface area contributed by atoms with E-state index in [1.807, 2.05) is 26.0 Å². The van der Waals surface area contributed by atoms with Crippen LogP contribution in [-0.2, 0) is 9.53 Å². The summed E-state index contributed by atoms with van der Waals surface area (Å²) in [5.41, 5.74) is 1.61. The average molecular weight is 287 g/mol. The summed E-state index contributed by atoms with van der Waals surface area (Å²) >= 11 is 0. The molecule has 3 atom stereocenters. The van der Waals surface area contributed by atoms with E-state index in [1.54, 1.807) is 12.1 Å². The lowest BCUT2D eigenvalue weighted by atomic mass is 10.0. The number of nitriles is 1. The third kappa shape index (κ3) is 3.81. The second kappa shape index (κ2) is 7.21. The molecule has 0 radical (unpaired) electrons. The first-order chi connectivity index (χ1) is 10.2. The Morgan fingerprint density at radius 1 is 1.43 bits per heavy atom. The van der Waals surface area contributed by atoms with Crippen LogP contribution in [0.1, 0.15) is 31.0 Å². The van der Waals surface area contributed by atoms with Gasteiger partial charge < -0.3 is 15.4 Å². The predicted octanol–water partition coefficient (Wildman–Crippen LogP) is 1.36. The van der Waals surface area contributed by atoms with Crippen LogP contribution in [0.25, 0.3) is 0 Å². The topological polar surface area (TPSA) is 74.2 Å². The molecule has 5 nitrogen and oxygen atoms in total. The van der Waals surface area contributed by atoms with Gasteiger partial charge in [-0.05, 0) is 31.2 Å². The van der Waals surface area contributed by atoms with Crippen LogP contribution in [0.4, 0.5) is 0 Å². The van der Waals surface area contributed by atoms with E-state index in [-0.39, 0.29) is 23.9 Å². The molecule has 1 aromatic carbocycles. The molecule has 1 saturated heterocycles. The Morgan fingerprint density at radius 2 is 2.14 bits per heavy atom. The van der Waals surface area contributed by atoms with Crippen LogP contribution in [0.15, 0.2) is 24.3 Å². The van der Waals surface area contributed by atoms with Crippen LogP contribution in [-0.4, -0.2) is 31.7 Å². The molecular formula is C16H21N3O2. The molecule has 1 aliphatic heterocycles. The van der Waals surface area contributed by atoms with E-state index >= 15 is 0 Å². The number of carbonyl (C=O) groups is 1. The number of ether oxygens (including phenoxy) is 1. The molecule has 21 heavy (non-hydrogen) atoms. The summed E-state index contributed by atoms with van der Waals surface area (Å²) in [6, 6.07) is 9.35. The number of benzene rings is 1. The minimum absolute atomic E-state index is 0.00955. The van der Waals surface area contributed by atoms with Crippen LogP contribution in [0.5, 0.6) is 0 Å². The summed E-state index contributed by atoms with van der Waals surface area (Å²) in [5.74, 6) is -0.138. The summed E-state index contributed by atoms with van der Waals surface area (Å²) < 4.78 is 5.40. The van der Waals surface area contributed by atoms with Gasteiger partial charge in [-0.3, -0.25) is 4.79 Å². The van der Waals surface area contributed by atoms with E-state index in [2.05, 4.69) is 16.7 Å². The van der Waals surface area contributed by atoms with Crippen LogP contribution in [0, 0.1) is 17.2 Å². The molecule has 2 rings (SSSR count). The highest BCUT2D eigenvalue weighted by Crippen LogP contribution is 2.18. The lowest BCUT2D eigenvalue weighted by Crippen LogP contribution is -2.44. The number of rotatable bonds is 5. The quantitative estimate of drug-likeness (QED) is 0.857. The fourth-order valence-electron chi connectivity index (χ4n) is 2.53. The molecule has 0 bridgehead atoms. The molecule has 1 amide bonds. The molecule has 2 N–H and O–H groups in total. The van der Waals surface area contributed by atoms with E-state index in [0.29, 0.717) is 18.8 Å². The Hall–Kier alpha value is -1.90. The molecule has 3 unspecified atom stereocenters. The first kappa shape index (κ1) is 15.5. The second-order valence-electron chi connectivity index (χ2n) is 5.27. The molecule has 1 fully saturated rings. The van der Waals surface area contributed by atoms with Crippen molar-refractivity contribution in [1.82, 2.24) is 10.6 Å². The van der Waals surface area contributed by atoms with E-state index in [1.165, 1.54) is 0 Å². The zero-order valence-corrected chi connectivity index (χ0v) is 12.4. The van der Waals surface area contributed by atoms with Crippen molar-refractivity contribution in [1.29, 1.82) is 5.26 Å². The minimum atomic E-state index is -0.147. The lowest BCUT2D eigenvalue weighted by Gasteiger charge is -2.21. The molecule has 112 valence electrons. The molecule has 0 spiro atoms. The van der Waals surface area contributed by atoms with Crippen molar-refractivity contribution < 1.29 is 9.53 Å². The predicted molar refractivity (Wildman–Crippen MR) is 79.5 cm³/mol. The van der Waals surface area contributed by atoms with Gasteiger partial charge in [-0.15, -0.1) is 0 Å². The lowest BCUT2D eigenvalue weighted by molar-refractivity contribution is -0.126. The van der Waals surface area contributed by atoms with Crippen LogP contribution >= 0.6 is 0 Å². The maximum Gasteiger partial charge on any atom is 0.227 e. The van der Waals surface area contributed by atoms with Crippen molar-refractivity contribution in [2.24, 2.45) is 5.92 Å². The average Bonchev–Trinajstić information content (AvgIpc) is 2.96. The van der Waals surface area contributed by atoms with Gasteiger partial charge in [-0.2, -0.15) is 5.26 Å². The number of hydrogen-bond acceptors (Lipinski definition) is 4. The summed E-state index contributed by atoms with van der Waals surface area (Å²) in [7, 11) is 0. The summed E-state index contributed by atoms with van der Waals surface area (Å²) in [6.45, 7) is 5.83. The Kier molecular flexibility index (Phi) is 5.32. The molecule has 1 aromatic rings. The van der Waals surface area contributed by atoms with Gasteiger partial charge in [-0.1, -0.05) is 19.1 Å². The Morgan fingerprint density at radius 3 is 2.76 bits per heavy atom. The summed E-state index contributed by atoms with van der Waals surface area (Å²) in [6.07, 6.45) is 0. The van der Waals surface area contributed by atoms with Gasteiger partial charge >= 0.3 is 0 Å². The summed E-state index contributed by atoms with van der Waals surface area (Å²) in [4.78, 5) is 12.4. The molecule has 1 aliphatic rings. The number of nitrogens with zero attached hydrogens (tertiary/aromatic N) is 1. The number of amides is 1. The molecule has 0 aliphatic carbocycles. The highest BCUT2D eigenvalue weighted by atomic mass is 16.5. The van der Waals surface area contributed by atoms with Crippen molar-refractivity contribution in [2.75, 3.05) is 19.8 Å². The van der Waals surface area contributed by atoms with Crippen molar-refractivity contribution in [2.45, 2.75) is 25.9 Å². The highest BCUT2D eigenvalue weighted by Gasteiger charge is 2.33. The van der Waals surface area contributed by atoms with Gasteiger partial charge in [0, 0.05) is 6.04 Å². The fraction of sp³-hybridized carbons (Fsp3) is 0.500. The normalized spacial score (nSPS) is 22.5. The minimum Gasteiger partial charge on any atom is -0.379 e. The van der Waals surface area contributed by atoms with E-state index in [4.69, 9.17) is 10.00 Å². The van der Waals surface area contributed by atoms with Gasteiger partial charge in [0.05, 0.1) is 36.8 Å². The Balaban J connectivity index is 1.96. The van der Waals surface area contributed by atoms with E-state index in [9.17, 15) is 4.79 Å². The second-order valence-corrected chi connectivity index (χ2v) is 5.27. The Bertz CT molecular complexity index is 521. The molecular weight excluding hydrogens is 266 g/mol. The van der Waals surface area contributed by atoms with Crippen LogP contribution in [0.2, 0.25) is 0 Å². The first-order valence-corrected chi connectivity index (χ1v) is 7.27. The maximum absolute atomic E-state index is 12.4. The van der Waals surface area contributed by atoms with Gasteiger partial charge in [0.2, 0.25) is 5.91 Å².